The van der Waals surface area contributed by atoms with Crippen LogP contribution in [0.25, 0.3) is 0 Å². The number of hydrogen-bond donors (Lipinski definition) is 3. The van der Waals surface area contributed by atoms with E-state index in [1.54, 1.807) is 4.90 Å². The van der Waals surface area contributed by atoms with E-state index in [0.717, 1.165) is 6.42 Å². The van der Waals surface area contributed by atoms with Crippen molar-refractivity contribution in [2.75, 3.05) is 13.1 Å². The van der Waals surface area contributed by atoms with Crippen molar-refractivity contribution in [1.29, 1.82) is 0 Å². The molecule has 0 radical (unpaired) electrons. The van der Waals surface area contributed by atoms with E-state index in [1.807, 2.05) is 0 Å². The zero-order valence-corrected chi connectivity index (χ0v) is 11.1. The first-order chi connectivity index (χ1) is 8.40. The van der Waals surface area contributed by atoms with Crippen LogP contribution in [0.4, 0.5) is 0 Å². The highest BCUT2D eigenvalue weighted by molar-refractivity contribution is 5.79. The van der Waals surface area contributed by atoms with Crippen molar-refractivity contribution in [3.8, 4) is 0 Å². The van der Waals surface area contributed by atoms with Gasteiger partial charge in [-0.15, -0.1) is 0 Å². The molecule has 6 unspecified atom stereocenters. The SMILES string of the molecule is CC1CC(C)C(C(=O)N2CC(O)C(O)C2)CC1N. The summed E-state index contributed by atoms with van der Waals surface area (Å²) in [6.07, 6.45) is 0.0706. The Labute approximate surface area is 108 Å². The monoisotopic (exact) mass is 256 g/mol. The Morgan fingerprint density at radius 1 is 1.11 bits per heavy atom. The number of carbonyl (C=O) groups excluding carboxylic acids is 1. The molecule has 5 heteroatoms. The van der Waals surface area contributed by atoms with Crippen LogP contribution in [0.2, 0.25) is 0 Å². The smallest absolute Gasteiger partial charge is 0.226 e. The van der Waals surface area contributed by atoms with Crippen LogP contribution in [0, 0.1) is 17.8 Å². The second kappa shape index (κ2) is 5.15. The van der Waals surface area contributed by atoms with Gasteiger partial charge in [0.1, 0.15) is 0 Å². The average Bonchev–Trinajstić information content (AvgIpc) is 2.63. The molecule has 1 saturated heterocycles. The Morgan fingerprint density at radius 2 is 1.67 bits per heavy atom. The molecule has 2 fully saturated rings. The van der Waals surface area contributed by atoms with Gasteiger partial charge in [-0.3, -0.25) is 4.79 Å². The lowest BCUT2D eigenvalue weighted by Crippen LogP contribution is -2.46. The number of nitrogens with zero attached hydrogens (tertiary/aromatic N) is 1. The van der Waals surface area contributed by atoms with Crippen LogP contribution in [0.15, 0.2) is 0 Å². The summed E-state index contributed by atoms with van der Waals surface area (Å²) in [5.74, 6) is 0.759. The van der Waals surface area contributed by atoms with Crippen LogP contribution >= 0.6 is 0 Å². The molecule has 0 bridgehead atoms. The van der Waals surface area contributed by atoms with Crippen molar-refractivity contribution in [2.24, 2.45) is 23.5 Å². The lowest BCUT2D eigenvalue weighted by Gasteiger charge is -2.37. The molecule has 18 heavy (non-hydrogen) atoms. The maximum absolute atomic E-state index is 12.4. The van der Waals surface area contributed by atoms with Gasteiger partial charge < -0.3 is 20.8 Å². The fourth-order valence-corrected chi connectivity index (χ4v) is 3.21. The Balaban J connectivity index is 2.01. The molecule has 1 amide bonds. The van der Waals surface area contributed by atoms with Gasteiger partial charge in [0.2, 0.25) is 5.91 Å². The topological polar surface area (TPSA) is 86.8 Å². The van der Waals surface area contributed by atoms with Crippen LogP contribution in [-0.2, 0) is 4.79 Å². The summed E-state index contributed by atoms with van der Waals surface area (Å²) < 4.78 is 0. The Hall–Kier alpha value is -0.650. The van der Waals surface area contributed by atoms with Gasteiger partial charge in [-0.05, 0) is 24.7 Å². The van der Waals surface area contributed by atoms with Crippen LogP contribution in [0.1, 0.15) is 26.7 Å². The Kier molecular flexibility index (Phi) is 3.94. The zero-order valence-electron chi connectivity index (χ0n) is 11.1. The zero-order chi connectivity index (χ0) is 13.4. The van der Waals surface area contributed by atoms with E-state index in [1.165, 1.54) is 0 Å². The maximum atomic E-state index is 12.4. The van der Waals surface area contributed by atoms with Crippen LogP contribution in [-0.4, -0.2) is 52.4 Å². The van der Waals surface area contributed by atoms with Crippen molar-refractivity contribution < 1.29 is 15.0 Å². The molecule has 2 aliphatic rings. The molecular formula is C13H24N2O3. The van der Waals surface area contributed by atoms with E-state index in [-0.39, 0.29) is 31.0 Å². The summed E-state index contributed by atoms with van der Waals surface area (Å²) in [6, 6.07) is 0.0765. The van der Waals surface area contributed by atoms with E-state index < -0.39 is 12.2 Å². The van der Waals surface area contributed by atoms with Gasteiger partial charge in [0.25, 0.3) is 0 Å². The number of β-amino-alcohol motifs (C(OH)–C–C–N with tert-alkyl or cyclic N) is 2. The summed E-state index contributed by atoms with van der Waals surface area (Å²) in [5.41, 5.74) is 6.05. The Morgan fingerprint density at radius 3 is 2.22 bits per heavy atom. The number of aliphatic hydroxyl groups excluding tert-OH is 2. The third-order valence-corrected chi connectivity index (χ3v) is 4.58. The molecule has 4 N–H and O–H groups in total. The van der Waals surface area contributed by atoms with Gasteiger partial charge in [0.15, 0.2) is 0 Å². The summed E-state index contributed by atoms with van der Waals surface area (Å²) in [6.45, 7) is 4.71. The molecule has 0 spiro atoms. The number of likely N-dealkylation sites (tertiary alicyclic amines) is 1. The minimum atomic E-state index is -0.805. The first kappa shape index (κ1) is 13.8. The first-order valence-electron chi connectivity index (χ1n) is 6.80. The van der Waals surface area contributed by atoms with Crippen LogP contribution in [0.3, 0.4) is 0 Å². The minimum Gasteiger partial charge on any atom is -0.388 e. The number of nitrogens with two attached hydrogens (primary N) is 1. The summed E-state index contributed by atoms with van der Waals surface area (Å²) in [7, 11) is 0. The predicted molar refractivity (Wildman–Crippen MR) is 67.6 cm³/mol. The number of amides is 1. The van der Waals surface area contributed by atoms with E-state index in [9.17, 15) is 15.0 Å². The van der Waals surface area contributed by atoms with Gasteiger partial charge in [-0.1, -0.05) is 13.8 Å². The van der Waals surface area contributed by atoms with Gasteiger partial charge in [-0.2, -0.15) is 0 Å². The van der Waals surface area contributed by atoms with E-state index >= 15 is 0 Å². The van der Waals surface area contributed by atoms with Crippen LogP contribution < -0.4 is 5.73 Å². The third kappa shape index (κ3) is 2.53. The lowest BCUT2D eigenvalue weighted by molar-refractivity contribution is -0.138. The van der Waals surface area contributed by atoms with Gasteiger partial charge in [0.05, 0.1) is 12.2 Å². The molecular weight excluding hydrogens is 232 g/mol. The minimum absolute atomic E-state index is 0.0421. The quantitative estimate of drug-likeness (QED) is 0.593. The number of carbonyl (C=O) groups is 1. The second-order valence-corrected chi connectivity index (χ2v) is 6.07. The van der Waals surface area contributed by atoms with Crippen molar-refractivity contribution in [2.45, 2.75) is 44.9 Å². The molecule has 0 aromatic heterocycles. The molecule has 104 valence electrons. The van der Waals surface area contributed by atoms with E-state index in [0.29, 0.717) is 18.3 Å². The van der Waals surface area contributed by atoms with Gasteiger partial charge in [-0.25, -0.2) is 0 Å². The molecule has 2 rings (SSSR count). The van der Waals surface area contributed by atoms with E-state index in [4.69, 9.17) is 5.73 Å². The molecule has 1 heterocycles. The standard InChI is InChI=1S/C13H24N2O3/c1-7-3-8(2)10(14)4-9(7)13(18)15-5-11(16)12(17)6-15/h7-12,16-17H,3-6,14H2,1-2H3. The summed E-state index contributed by atoms with van der Waals surface area (Å²) in [4.78, 5) is 14.0. The van der Waals surface area contributed by atoms with Crippen molar-refractivity contribution in [3.05, 3.63) is 0 Å². The fourth-order valence-electron chi connectivity index (χ4n) is 3.21. The molecule has 1 saturated carbocycles. The third-order valence-electron chi connectivity index (χ3n) is 4.58. The van der Waals surface area contributed by atoms with E-state index in [2.05, 4.69) is 13.8 Å². The molecule has 6 atom stereocenters. The lowest BCUT2D eigenvalue weighted by atomic mass is 9.72. The Bertz CT molecular complexity index is 313. The van der Waals surface area contributed by atoms with Crippen molar-refractivity contribution >= 4 is 5.91 Å². The fraction of sp³-hybridized carbons (Fsp3) is 0.923. The maximum Gasteiger partial charge on any atom is 0.226 e. The number of hydrogen-bond acceptors (Lipinski definition) is 4. The normalized spacial score (nSPS) is 45.3. The largest absolute Gasteiger partial charge is 0.388 e. The highest BCUT2D eigenvalue weighted by Gasteiger charge is 2.40. The highest BCUT2D eigenvalue weighted by Crippen LogP contribution is 2.34. The number of aliphatic hydroxyl groups is 2. The predicted octanol–water partition coefficient (Wildman–Crippen LogP) is -0.440. The first-order valence-corrected chi connectivity index (χ1v) is 6.80. The molecule has 0 aromatic rings. The summed E-state index contributed by atoms with van der Waals surface area (Å²) in [5, 5.41) is 19.0. The van der Waals surface area contributed by atoms with Crippen molar-refractivity contribution in [1.82, 2.24) is 4.90 Å². The molecule has 1 aliphatic carbocycles. The summed E-state index contributed by atoms with van der Waals surface area (Å²) >= 11 is 0. The molecule has 0 aromatic carbocycles. The molecule has 5 nitrogen and oxygen atoms in total. The average molecular weight is 256 g/mol. The van der Waals surface area contributed by atoms with Gasteiger partial charge >= 0.3 is 0 Å². The second-order valence-electron chi connectivity index (χ2n) is 6.07. The van der Waals surface area contributed by atoms with Crippen LogP contribution in [0.5, 0.6) is 0 Å². The molecule has 1 aliphatic heterocycles. The van der Waals surface area contributed by atoms with Gasteiger partial charge in [0, 0.05) is 25.0 Å². The highest BCUT2D eigenvalue weighted by atomic mass is 16.3. The van der Waals surface area contributed by atoms with Crippen molar-refractivity contribution in [3.63, 3.8) is 0 Å². The number of rotatable bonds is 1.